The maximum absolute atomic E-state index is 9.16. The van der Waals surface area contributed by atoms with Gasteiger partial charge in [-0.25, -0.2) is 9.97 Å². The van der Waals surface area contributed by atoms with Crippen molar-refractivity contribution in [1.29, 1.82) is 0 Å². The molecule has 0 fully saturated rings. The van der Waals surface area contributed by atoms with E-state index in [0.29, 0.717) is 83.8 Å². The number of aromatic nitrogens is 10. The van der Waals surface area contributed by atoms with Crippen molar-refractivity contribution in [2.45, 2.75) is 67.2 Å². The molecule has 14 heteroatoms. The number of rotatable bonds is 12. The minimum atomic E-state index is -0.548. The molecule has 12 nitrogen and oxygen atoms in total. The van der Waals surface area contributed by atoms with Gasteiger partial charge in [-0.05, 0) is 166 Å². The van der Waals surface area contributed by atoms with Crippen LogP contribution in [0.25, 0.3) is 222 Å². The normalized spacial score (nSPS) is 13.3. The Hall–Kier alpha value is -16.6. The second kappa shape index (κ2) is 38.4. The number of para-hydroxylation sites is 13. The van der Waals surface area contributed by atoms with Gasteiger partial charge in [0.15, 0.2) is 5.58 Å². The van der Waals surface area contributed by atoms with E-state index in [2.05, 4.69) is 182 Å². The first kappa shape index (κ1) is 74.4. The van der Waals surface area contributed by atoms with Crippen molar-refractivity contribution >= 4 is 132 Å². The van der Waals surface area contributed by atoms with E-state index in [4.69, 9.17) is 43.5 Å². The van der Waals surface area contributed by atoms with E-state index in [1.54, 1.807) is 45.5 Å². The average molecular weight is 2240 g/mol. The maximum atomic E-state index is 9.16. The zero-order valence-electron chi connectivity index (χ0n) is 95.1. The Bertz CT molecular complexity index is 10400. The first-order chi connectivity index (χ1) is 76.2. The number of nitrogens with zero attached hydrogens (tertiary/aromatic N) is 10. The summed E-state index contributed by atoms with van der Waals surface area (Å²) in [7, 11) is 0. The van der Waals surface area contributed by atoms with Crippen LogP contribution in [0.5, 0.6) is 0 Å². The van der Waals surface area contributed by atoms with Crippen molar-refractivity contribution in [3.05, 3.63) is 485 Å². The minimum Gasteiger partial charge on any atom is -0.514 e. The summed E-state index contributed by atoms with van der Waals surface area (Å²) in [5.74, 6) is 1.51. The van der Waals surface area contributed by atoms with Crippen LogP contribution in [0.3, 0.4) is 0 Å². The Morgan fingerprint density at radius 3 is 1.08 bits per heavy atom. The van der Waals surface area contributed by atoms with Crippen LogP contribution in [0.2, 0.25) is 0 Å². The van der Waals surface area contributed by atoms with E-state index >= 15 is 0 Å². The van der Waals surface area contributed by atoms with Gasteiger partial charge in [-0.3, -0.25) is 9.13 Å². The molecule has 704 valence electrons. The van der Waals surface area contributed by atoms with Crippen LogP contribution >= 0.6 is 0 Å². The molecule has 0 bridgehead atoms. The van der Waals surface area contributed by atoms with Gasteiger partial charge in [0.2, 0.25) is 0 Å². The molecule has 8 aromatic heterocycles. The van der Waals surface area contributed by atoms with Crippen LogP contribution < -0.4 is 9.13 Å². The predicted octanol–water partition coefficient (Wildman–Crippen LogP) is 32.1. The molecule has 0 saturated carbocycles. The van der Waals surface area contributed by atoms with Gasteiger partial charge in [0.25, 0.3) is 12.7 Å². The number of benzene rings is 18. The summed E-state index contributed by atoms with van der Waals surface area (Å²) in [5.41, 5.74) is 17.5. The standard InChI is InChI=1S/2C64H45N5O.2CH4.2Pt/c1-64(2,3)45-36-37-65-62(38-45)69-55-32-14-11-27-51(55)53-40-61-59(41-58(53)69)68(54-31-13-10-26-50(54)52-28-12-17-35-60(52)70-61)47-25-18-24-46(39-47)66-42-67(57-34-16-15-33-56(57)66)63-48(43-20-6-4-7-21-43)29-19-30-49(63)44-22-8-5-9-23-44;1-64(2,3)45-36-37-65-62(38-45)69-54-30-12-10-26-50(54)52-40-53-51-27-11-16-34-60(51)70-61-35-17-15-33-57(61)68(58(53)41-59(52)69)47-25-18-24-46(39-47)66-42-67(56-32-14-13-31-55(56)66)63-48(43-20-6-4-7-21-43)28-19-29-49(63)44-22-8-5-9-23-44;;;;/h2*4-38,40H,1-3H3;2*1H4;;/q2*-2;;;;/i2*4D,5D,6D,7D,8D,9D,20D,21D,22D;;;;. The molecule has 0 aliphatic heterocycles. The maximum Gasteiger partial charge on any atom is 0.268 e. The third-order valence-corrected chi connectivity index (χ3v) is 25.9. The van der Waals surface area contributed by atoms with E-state index in [0.717, 1.165) is 104 Å². The molecule has 0 atom stereocenters. The third-order valence-electron chi connectivity index (χ3n) is 25.9. The molecule has 0 saturated heterocycles. The number of pyridine rings is 2. The number of imidazole rings is 2. The summed E-state index contributed by atoms with van der Waals surface area (Å²) in [6, 6.07) is 108. The van der Waals surface area contributed by atoms with Gasteiger partial charge in [-0.15, -0.1) is 35.7 Å². The molecule has 0 unspecified atom stereocenters. The van der Waals surface area contributed by atoms with Crippen molar-refractivity contribution < 1.29 is 84.8 Å². The first-order valence-electron chi connectivity index (χ1n) is 54.9. The van der Waals surface area contributed by atoms with Gasteiger partial charge in [0, 0.05) is 81.9 Å². The van der Waals surface area contributed by atoms with E-state index in [9.17, 15) is 0 Å². The Balaban J connectivity index is 0.000000181. The SMILES string of the molecule is C.C.[2H]c1cc(-c2cccc(-c3c([2H])c([2H])c([2H])c([2H])c3[2H])c2-[n+]2[c-]n(-c3[c-]c(-n4c5[c-]c6c(cc5c5ccccc5oc5ccccc54)c4ccccc4n6-c4cc(C(C)(C)C)ccn4)ccc3)c3ccccc32)c([2H])c([2H])c1[2H].[2H]c1cc(-c2cccc(-c3c([2H])c([2H])c([2H])c([2H])c3[2H])c2-[n+]2[c-]n(-c3[c-]c(-n4c5[c-]c6c(cc5oc5ccccc5c5ccccc54)c4ccccc4n6-c4cc(C(C)(C)C)ccn4)ccc3)c3ccccc32)c([2H])c([2H])c1[2H].[Pt].[Pt]. The van der Waals surface area contributed by atoms with Crippen molar-refractivity contribution in [1.82, 2.24) is 37.4 Å². The fourth-order valence-corrected chi connectivity index (χ4v) is 19.4. The molecule has 26 rings (SSSR count). The third kappa shape index (κ3) is 16.4. The molecule has 0 N–H and O–H groups in total. The minimum absolute atomic E-state index is 0. The second-order valence-corrected chi connectivity index (χ2v) is 36.3. The zero-order chi connectivity index (χ0) is 110. The molecule has 18 aromatic carbocycles. The molecule has 0 aliphatic rings. The summed E-state index contributed by atoms with van der Waals surface area (Å²) in [6.45, 7) is 13.1. The fourth-order valence-electron chi connectivity index (χ4n) is 19.4. The first-order valence-corrected chi connectivity index (χ1v) is 45.9. The van der Waals surface area contributed by atoms with Gasteiger partial charge in [-0.1, -0.05) is 404 Å². The summed E-state index contributed by atoms with van der Waals surface area (Å²) in [4.78, 5) is 9.95. The van der Waals surface area contributed by atoms with E-state index in [-0.39, 0.29) is 137 Å². The monoisotopic (exact) mass is 2240 g/mol. The van der Waals surface area contributed by atoms with Crippen LogP contribution in [-0.2, 0) is 53.0 Å². The van der Waals surface area contributed by atoms with Gasteiger partial charge < -0.3 is 36.2 Å². The smallest absolute Gasteiger partial charge is 0.268 e. The van der Waals surface area contributed by atoms with Gasteiger partial charge >= 0.3 is 0 Å². The summed E-state index contributed by atoms with van der Waals surface area (Å²) in [6.07, 6.45) is 10.8. The van der Waals surface area contributed by atoms with Crippen molar-refractivity contribution in [2.24, 2.45) is 0 Å². The van der Waals surface area contributed by atoms with Crippen LogP contribution in [0.4, 0.5) is 0 Å². The Kier molecular flexibility index (Phi) is 19.8. The van der Waals surface area contributed by atoms with Crippen LogP contribution in [-0.4, -0.2) is 37.4 Å². The molecule has 8 heterocycles. The van der Waals surface area contributed by atoms with Gasteiger partial charge in [0.05, 0.1) is 69.1 Å². The Labute approximate surface area is 890 Å². The number of fused-ring (bicyclic) bond motifs is 16. The van der Waals surface area contributed by atoms with E-state index in [1.807, 2.05) is 204 Å². The summed E-state index contributed by atoms with van der Waals surface area (Å²) in [5, 5.41) is 7.46. The fraction of sp³-hybridized carbons (Fsp3) is 0.0769. The molecular formula is C130H98N10O2Pt2-4. The van der Waals surface area contributed by atoms with E-state index in [1.165, 1.54) is 12.1 Å². The molecule has 0 radical (unpaired) electrons. The van der Waals surface area contributed by atoms with E-state index < -0.39 is 84.6 Å². The van der Waals surface area contributed by atoms with Crippen LogP contribution in [0.1, 0.15) is 92.2 Å². The van der Waals surface area contributed by atoms with Crippen LogP contribution in [0, 0.1) is 36.9 Å². The molecule has 0 amide bonds. The van der Waals surface area contributed by atoms with Gasteiger partial charge in [-0.2, -0.15) is 42.5 Å². The topological polar surface area (TPSA) is 89.4 Å². The van der Waals surface area contributed by atoms with Crippen molar-refractivity contribution in [2.75, 3.05) is 0 Å². The van der Waals surface area contributed by atoms with Crippen molar-refractivity contribution in [3.8, 4) is 90.3 Å². The van der Waals surface area contributed by atoms with Gasteiger partial charge in [0.1, 0.15) is 22.8 Å². The second-order valence-electron chi connectivity index (χ2n) is 36.3. The number of hydrogen-bond acceptors (Lipinski definition) is 4. The average Bonchev–Trinajstić information content (AvgIpc) is 1.51. The summed E-state index contributed by atoms with van der Waals surface area (Å²) >= 11 is 0. The predicted molar refractivity (Wildman–Crippen MR) is 583 cm³/mol. The molecule has 144 heavy (non-hydrogen) atoms. The molecule has 26 aromatic rings. The zero-order valence-corrected chi connectivity index (χ0v) is 81.6. The molecular weight excluding hydrogens is 2120 g/mol. The van der Waals surface area contributed by atoms with Crippen LogP contribution in [0.15, 0.2) is 445 Å². The Morgan fingerprint density at radius 2 is 0.604 bits per heavy atom. The quantitative estimate of drug-likeness (QED) is 0.0900. The largest absolute Gasteiger partial charge is 0.514 e. The molecule has 0 aliphatic carbocycles. The van der Waals surface area contributed by atoms with Crippen molar-refractivity contribution in [3.63, 3.8) is 0 Å². The summed E-state index contributed by atoms with van der Waals surface area (Å²) < 4.78 is 188. The number of hydrogen-bond donors (Lipinski definition) is 0. The molecule has 0 spiro atoms. The Morgan fingerprint density at radius 1 is 0.271 bits per heavy atom.